The van der Waals surface area contributed by atoms with E-state index in [0.29, 0.717) is 6.42 Å². The van der Waals surface area contributed by atoms with Crippen molar-refractivity contribution in [3.63, 3.8) is 0 Å². The molecule has 0 bridgehead atoms. The maximum absolute atomic E-state index is 10.0. The lowest BCUT2D eigenvalue weighted by molar-refractivity contribution is -0.107. The van der Waals surface area contributed by atoms with Crippen LogP contribution < -0.4 is 0 Å². The normalized spacial score (nSPS) is 8.00. The van der Waals surface area contributed by atoms with Crippen LogP contribution in [0.1, 0.15) is 23.2 Å². The number of unbranched alkanes of at least 4 members (excludes halogenated alkanes) is 1. The second-order valence-corrected chi connectivity index (χ2v) is 2.56. The summed E-state index contributed by atoms with van der Waals surface area (Å²) < 4.78 is 0. The third-order valence-electron chi connectivity index (χ3n) is 1.42. The topological polar surface area (TPSA) is 34.1 Å². The van der Waals surface area contributed by atoms with Crippen molar-refractivity contribution in [1.29, 1.82) is 0 Å². The molecule has 2 nitrogen and oxygen atoms in total. The van der Waals surface area contributed by atoms with Crippen LogP contribution in [0.2, 0.25) is 0 Å². The molecule has 0 radical (unpaired) electrons. The highest BCUT2D eigenvalue weighted by Crippen LogP contribution is 1.91. The number of allylic oxidation sites excluding steroid dienone is 1. The zero-order valence-corrected chi connectivity index (χ0v) is 8.06. The van der Waals surface area contributed by atoms with E-state index in [1.807, 2.05) is 18.2 Å². The predicted octanol–water partition coefficient (Wildman–Crippen LogP) is 2.65. The van der Waals surface area contributed by atoms with Crippen molar-refractivity contribution in [2.24, 2.45) is 0 Å². The zero-order chi connectivity index (χ0) is 10.6. The van der Waals surface area contributed by atoms with Gasteiger partial charge in [-0.3, -0.25) is 4.79 Å². The lowest BCUT2D eigenvalue weighted by Gasteiger charge is -1.81. The number of hydrogen-bond donors (Lipinski definition) is 0. The van der Waals surface area contributed by atoms with Crippen LogP contribution in [0.25, 0.3) is 0 Å². The van der Waals surface area contributed by atoms with Crippen LogP contribution in [0.4, 0.5) is 0 Å². The van der Waals surface area contributed by atoms with E-state index in [2.05, 4.69) is 6.58 Å². The second kappa shape index (κ2) is 9.39. The van der Waals surface area contributed by atoms with Crippen LogP contribution in [-0.4, -0.2) is 12.6 Å². The van der Waals surface area contributed by atoms with Gasteiger partial charge >= 0.3 is 0 Å². The van der Waals surface area contributed by atoms with Crippen LogP contribution in [-0.2, 0) is 4.79 Å². The van der Waals surface area contributed by atoms with E-state index in [4.69, 9.17) is 0 Å². The van der Waals surface area contributed by atoms with E-state index in [0.717, 1.165) is 24.6 Å². The number of aldehydes is 2. The molecule has 1 aromatic rings. The first-order valence-corrected chi connectivity index (χ1v) is 4.40. The molecule has 0 atom stereocenters. The van der Waals surface area contributed by atoms with Gasteiger partial charge in [0.05, 0.1) is 0 Å². The molecule has 2 heteroatoms. The monoisotopic (exact) mass is 190 g/mol. The number of carbonyl (C=O) groups excluding carboxylic acids is 2. The molecule has 1 aromatic carbocycles. The number of carbonyl (C=O) groups is 2. The van der Waals surface area contributed by atoms with Gasteiger partial charge in [-0.2, -0.15) is 0 Å². The molecule has 0 amide bonds. The Kier molecular flexibility index (Phi) is 8.25. The quantitative estimate of drug-likeness (QED) is 0.415. The Bertz CT molecular complexity index is 257. The molecular formula is C12H14O2. The van der Waals surface area contributed by atoms with E-state index in [1.165, 1.54) is 0 Å². The maximum Gasteiger partial charge on any atom is 0.150 e. The summed E-state index contributed by atoms with van der Waals surface area (Å²) in [6.07, 6.45) is 4.88. The minimum Gasteiger partial charge on any atom is -0.303 e. The molecule has 14 heavy (non-hydrogen) atoms. The van der Waals surface area contributed by atoms with Gasteiger partial charge in [-0.15, -0.1) is 6.58 Å². The van der Waals surface area contributed by atoms with E-state index < -0.39 is 0 Å². The Hall–Kier alpha value is -1.70. The molecule has 0 heterocycles. The summed E-state index contributed by atoms with van der Waals surface area (Å²) in [7, 11) is 0. The number of hydrogen-bond acceptors (Lipinski definition) is 2. The van der Waals surface area contributed by atoms with Crippen molar-refractivity contribution in [1.82, 2.24) is 0 Å². The third kappa shape index (κ3) is 6.98. The molecule has 0 fully saturated rings. The summed E-state index contributed by atoms with van der Waals surface area (Å²) in [5.74, 6) is 0. The average Bonchev–Trinajstić information content (AvgIpc) is 2.28. The summed E-state index contributed by atoms with van der Waals surface area (Å²) in [5, 5.41) is 0. The first-order chi connectivity index (χ1) is 6.85. The Morgan fingerprint density at radius 3 is 2.00 bits per heavy atom. The number of benzene rings is 1. The van der Waals surface area contributed by atoms with Gasteiger partial charge in [0.25, 0.3) is 0 Å². The van der Waals surface area contributed by atoms with Crippen LogP contribution in [0, 0.1) is 0 Å². The SMILES string of the molecule is C=CCCC=O.O=Cc1ccccc1. The molecule has 0 saturated heterocycles. The summed E-state index contributed by atoms with van der Waals surface area (Å²) in [6, 6.07) is 9.10. The highest BCUT2D eigenvalue weighted by atomic mass is 16.1. The lowest BCUT2D eigenvalue weighted by atomic mass is 10.2. The fraction of sp³-hybridized carbons (Fsp3) is 0.167. The highest BCUT2D eigenvalue weighted by molar-refractivity contribution is 5.74. The van der Waals surface area contributed by atoms with Crippen LogP contribution in [0.5, 0.6) is 0 Å². The van der Waals surface area contributed by atoms with Gasteiger partial charge in [0, 0.05) is 12.0 Å². The zero-order valence-electron chi connectivity index (χ0n) is 8.06. The first kappa shape index (κ1) is 12.3. The van der Waals surface area contributed by atoms with Crippen LogP contribution >= 0.6 is 0 Å². The van der Waals surface area contributed by atoms with Crippen molar-refractivity contribution < 1.29 is 9.59 Å². The van der Waals surface area contributed by atoms with Crippen LogP contribution in [0.15, 0.2) is 43.0 Å². The largest absolute Gasteiger partial charge is 0.303 e. The summed E-state index contributed by atoms with van der Waals surface area (Å²) in [4.78, 5) is 19.5. The average molecular weight is 190 g/mol. The molecular weight excluding hydrogens is 176 g/mol. The van der Waals surface area contributed by atoms with Gasteiger partial charge in [0.1, 0.15) is 12.6 Å². The molecule has 0 saturated carbocycles. The summed E-state index contributed by atoms with van der Waals surface area (Å²) >= 11 is 0. The fourth-order valence-electron chi connectivity index (χ4n) is 0.717. The van der Waals surface area contributed by atoms with Crippen molar-refractivity contribution >= 4 is 12.6 Å². The first-order valence-electron chi connectivity index (χ1n) is 4.40. The van der Waals surface area contributed by atoms with E-state index in [1.54, 1.807) is 18.2 Å². The Balaban J connectivity index is 0.000000255. The standard InChI is InChI=1S/C7H6O.C5H8O/c8-6-7-4-2-1-3-5-7;1-2-3-4-5-6/h1-6H;2,5H,1,3-4H2. The van der Waals surface area contributed by atoms with Crippen molar-refractivity contribution in [3.8, 4) is 0 Å². The van der Waals surface area contributed by atoms with Crippen molar-refractivity contribution in [3.05, 3.63) is 48.6 Å². The van der Waals surface area contributed by atoms with E-state index in [9.17, 15) is 9.59 Å². The Morgan fingerprint density at radius 1 is 1.07 bits per heavy atom. The van der Waals surface area contributed by atoms with Gasteiger partial charge in [-0.1, -0.05) is 36.4 Å². The second-order valence-electron chi connectivity index (χ2n) is 2.56. The van der Waals surface area contributed by atoms with Crippen molar-refractivity contribution in [2.75, 3.05) is 0 Å². The maximum atomic E-state index is 10.0. The molecule has 0 N–H and O–H groups in total. The molecule has 0 unspecified atom stereocenters. The van der Waals surface area contributed by atoms with Gasteiger partial charge in [-0.25, -0.2) is 0 Å². The van der Waals surface area contributed by atoms with E-state index >= 15 is 0 Å². The molecule has 0 aliphatic heterocycles. The molecule has 1 rings (SSSR count). The summed E-state index contributed by atoms with van der Waals surface area (Å²) in [6.45, 7) is 3.44. The predicted molar refractivity (Wildman–Crippen MR) is 57.3 cm³/mol. The summed E-state index contributed by atoms with van der Waals surface area (Å²) in [5.41, 5.74) is 0.729. The highest BCUT2D eigenvalue weighted by Gasteiger charge is 1.80. The minimum atomic E-state index is 0.615. The molecule has 0 spiro atoms. The Labute approximate surface area is 84.3 Å². The van der Waals surface area contributed by atoms with Crippen LogP contribution in [0.3, 0.4) is 0 Å². The third-order valence-corrected chi connectivity index (χ3v) is 1.42. The van der Waals surface area contributed by atoms with E-state index in [-0.39, 0.29) is 0 Å². The molecule has 0 aliphatic carbocycles. The number of rotatable bonds is 4. The smallest absolute Gasteiger partial charge is 0.150 e. The van der Waals surface area contributed by atoms with Gasteiger partial charge < -0.3 is 4.79 Å². The van der Waals surface area contributed by atoms with Gasteiger partial charge in [-0.05, 0) is 6.42 Å². The molecule has 74 valence electrons. The minimum absolute atomic E-state index is 0.615. The van der Waals surface area contributed by atoms with Gasteiger partial charge in [0.2, 0.25) is 0 Å². The molecule has 0 aliphatic rings. The molecule has 0 aromatic heterocycles. The lowest BCUT2D eigenvalue weighted by Crippen LogP contribution is -1.73. The fourth-order valence-corrected chi connectivity index (χ4v) is 0.717. The Morgan fingerprint density at radius 2 is 1.71 bits per heavy atom. The van der Waals surface area contributed by atoms with Gasteiger partial charge in [0.15, 0.2) is 0 Å². The van der Waals surface area contributed by atoms with Crippen molar-refractivity contribution in [2.45, 2.75) is 12.8 Å².